The summed E-state index contributed by atoms with van der Waals surface area (Å²) in [5.74, 6) is 0.306. The number of hydrogen-bond donors (Lipinski definition) is 1. The molecule has 4 heteroatoms. The van der Waals surface area contributed by atoms with Crippen molar-refractivity contribution in [3.8, 4) is 22.7 Å². The lowest BCUT2D eigenvalue weighted by Crippen LogP contribution is -2.02. The number of phenols is 1. The molecule has 4 nitrogen and oxygen atoms in total. The fraction of sp³-hybridized carbons (Fsp3) is 0.548. The maximum atomic E-state index is 10.9. The van der Waals surface area contributed by atoms with Crippen molar-refractivity contribution in [1.82, 2.24) is 15.0 Å². The quantitative estimate of drug-likeness (QED) is 0.198. The maximum Gasteiger partial charge on any atom is 0.146 e. The van der Waals surface area contributed by atoms with Gasteiger partial charge in [-0.15, -0.1) is 9.90 Å². The summed E-state index contributed by atoms with van der Waals surface area (Å²) in [7, 11) is 0. The van der Waals surface area contributed by atoms with E-state index in [4.69, 9.17) is 0 Å². The molecular formula is C31H45N3O. The Balaban J connectivity index is 1.36. The molecule has 0 bridgehead atoms. The SMILES string of the molecule is CCCCCCCCCCCCCCCCc1cc(C)cc(-n2ncc(-c3ccccc3)n2)c1O. The minimum absolute atomic E-state index is 0.306. The van der Waals surface area contributed by atoms with Crippen LogP contribution < -0.4 is 0 Å². The number of phenolic OH excluding ortho intramolecular Hbond substituents is 1. The van der Waals surface area contributed by atoms with E-state index in [1.165, 1.54) is 83.5 Å². The molecule has 35 heavy (non-hydrogen) atoms. The predicted octanol–water partition coefficient (Wildman–Crippen LogP) is 8.97. The van der Waals surface area contributed by atoms with E-state index in [-0.39, 0.29) is 0 Å². The van der Waals surface area contributed by atoms with E-state index < -0.39 is 0 Å². The van der Waals surface area contributed by atoms with Gasteiger partial charge in [0.1, 0.15) is 17.1 Å². The van der Waals surface area contributed by atoms with E-state index in [0.717, 1.165) is 35.2 Å². The molecule has 0 saturated heterocycles. The number of aromatic nitrogens is 3. The third-order valence-corrected chi connectivity index (χ3v) is 6.89. The molecule has 3 rings (SSSR count). The zero-order chi connectivity index (χ0) is 24.7. The topological polar surface area (TPSA) is 50.9 Å². The van der Waals surface area contributed by atoms with E-state index in [0.29, 0.717) is 11.4 Å². The summed E-state index contributed by atoms with van der Waals surface area (Å²) < 4.78 is 0. The Labute approximate surface area is 212 Å². The van der Waals surface area contributed by atoms with Crippen LogP contribution in [0.5, 0.6) is 5.75 Å². The molecule has 1 heterocycles. The Kier molecular flexibility index (Phi) is 11.9. The molecular weight excluding hydrogens is 430 g/mol. The van der Waals surface area contributed by atoms with Crippen LogP contribution in [0.1, 0.15) is 108 Å². The van der Waals surface area contributed by atoms with Crippen LogP contribution in [0.3, 0.4) is 0 Å². The van der Waals surface area contributed by atoms with Gasteiger partial charge in [-0.25, -0.2) is 0 Å². The summed E-state index contributed by atoms with van der Waals surface area (Å²) in [4.78, 5) is 1.55. The minimum atomic E-state index is 0.306. The Hall–Kier alpha value is -2.62. The first-order chi connectivity index (χ1) is 17.2. The molecule has 0 aliphatic heterocycles. The van der Waals surface area contributed by atoms with Gasteiger partial charge < -0.3 is 5.11 Å². The normalized spacial score (nSPS) is 11.3. The summed E-state index contributed by atoms with van der Waals surface area (Å²) in [5.41, 5.74) is 4.61. The average molecular weight is 476 g/mol. The van der Waals surface area contributed by atoms with E-state index in [2.05, 4.69) is 30.1 Å². The largest absolute Gasteiger partial charge is 0.505 e. The Bertz CT molecular complexity index is 980. The molecule has 0 unspecified atom stereocenters. The van der Waals surface area contributed by atoms with Gasteiger partial charge >= 0.3 is 0 Å². The molecule has 1 N–H and O–H groups in total. The highest BCUT2D eigenvalue weighted by atomic mass is 16.3. The highest BCUT2D eigenvalue weighted by Gasteiger charge is 2.13. The van der Waals surface area contributed by atoms with Crippen LogP contribution in [0, 0.1) is 6.92 Å². The summed E-state index contributed by atoms with van der Waals surface area (Å²) >= 11 is 0. The Morgan fingerprint density at radius 2 is 1.31 bits per heavy atom. The first-order valence-corrected chi connectivity index (χ1v) is 14.0. The Morgan fingerprint density at radius 3 is 1.91 bits per heavy atom. The molecule has 2 aromatic carbocycles. The maximum absolute atomic E-state index is 10.9. The van der Waals surface area contributed by atoms with E-state index in [9.17, 15) is 5.11 Å². The van der Waals surface area contributed by atoms with Gasteiger partial charge in [-0.1, -0.05) is 127 Å². The number of aromatic hydroxyl groups is 1. The van der Waals surface area contributed by atoms with Crippen molar-refractivity contribution in [2.75, 3.05) is 0 Å². The molecule has 0 fully saturated rings. The van der Waals surface area contributed by atoms with Crippen LogP contribution >= 0.6 is 0 Å². The van der Waals surface area contributed by atoms with Gasteiger partial charge in [-0.2, -0.15) is 5.10 Å². The third-order valence-electron chi connectivity index (χ3n) is 6.89. The van der Waals surface area contributed by atoms with Crippen LogP contribution in [0.2, 0.25) is 0 Å². The van der Waals surface area contributed by atoms with Crippen LogP contribution in [-0.4, -0.2) is 20.1 Å². The minimum Gasteiger partial charge on any atom is -0.505 e. The molecule has 0 amide bonds. The van der Waals surface area contributed by atoms with Crippen molar-refractivity contribution in [1.29, 1.82) is 0 Å². The van der Waals surface area contributed by atoms with Crippen LogP contribution in [-0.2, 0) is 6.42 Å². The standard InChI is InChI=1S/C31H45N3O/c1-3-4-5-6-7-8-9-10-11-12-13-14-15-17-22-28-23-26(2)24-30(31(28)35)34-32-25-29(33-34)27-20-18-16-19-21-27/h16,18-21,23-25,35H,3-15,17,22H2,1-2H3. The zero-order valence-corrected chi connectivity index (χ0v) is 22.0. The lowest BCUT2D eigenvalue weighted by atomic mass is 10.0. The first kappa shape index (κ1) is 27.0. The molecule has 0 aliphatic carbocycles. The van der Waals surface area contributed by atoms with Crippen molar-refractivity contribution < 1.29 is 5.11 Å². The molecule has 190 valence electrons. The lowest BCUT2D eigenvalue weighted by Gasteiger charge is -2.11. The number of unbranched alkanes of at least 4 members (excludes halogenated alkanes) is 13. The fourth-order valence-corrected chi connectivity index (χ4v) is 4.81. The van der Waals surface area contributed by atoms with Gasteiger partial charge in [0.2, 0.25) is 0 Å². The molecule has 1 aromatic heterocycles. The molecule has 0 radical (unpaired) electrons. The number of nitrogens with zero attached hydrogens (tertiary/aromatic N) is 3. The lowest BCUT2D eigenvalue weighted by molar-refractivity contribution is 0.458. The Morgan fingerprint density at radius 1 is 0.743 bits per heavy atom. The van der Waals surface area contributed by atoms with Gasteiger partial charge in [0, 0.05) is 5.56 Å². The van der Waals surface area contributed by atoms with Crippen molar-refractivity contribution >= 4 is 0 Å². The second kappa shape index (κ2) is 15.4. The van der Waals surface area contributed by atoms with Gasteiger partial charge in [-0.3, -0.25) is 0 Å². The molecule has 0 spiro atoms. The summed E-state index contributed by atoms with van der Waals surface area (Å²) in [6.45, 7) is 4.35. The van der Waals surface area contributed by atoms with Gasteiger partial charge in [0.05, 0.1) is 6.20 Å². The summed E-state index contributed by atoms with van der Waals surface area (Å²) in [6.07, 6.45) is 21.6. The zero-order valence-electron chi connectivity index (χ0n) is 22.0. The van der Waals surface area contributed by atoms with E-state index >= 15 is 0 Å². The van der Waals surface area contributed by atoms with E-state index in [1.54, 1.807) is 11.0 Å². The number of rotatable bonds is 17. The first-order valence-electron chi connectivity index (χ1n) is 14.0. The van der Waals surface area contributed by atoms with E-state index in [1.807, 2.05) is 36.4 Å². The van der Waals surface area contributed by atoms with Crippen molar-refractivity contribution in [2.45, 2.75) is 110 Å². The van der Waals surface area contributed by atoms with Crippen molar-refractivity contribution in [2.24, 2.45) is 0 Å². The molecule has 0 atom stereocenters. The van der Waals surface area contributed by atoms with Gasteiger partial charge in [0.25, 0.3) is 0 Å². The third kappa shape index (κ3) is 9.16. The molecule has 3 aromatic rings. The van der Waals surface area contributed by atoms with Gasteiger partial charge in [-0.05, 0) is 37.0 Å². The number of benzene rings is 2. The summed E-state index contributed by atoms with van der Waals surface area (Å²) in [6, 6.07) is 14.1. The summed E-state index contributed by atoms with van der Waals surface area (Å²) in [5, 5.41) is 20.0. The molecule has 0 saturated carbocycles. The van der Waals surface area contributed by atoms with Crippen molar-refractivity contribution in [3.63, 3.8) is 0 Å². The second-order valence-electron chi connectivity index (χ2n) is 10.0. The second-order valence-corrected chi connectivity index (χ2v) is 10.0. The fourth-order valence-electron chi connectivity index (χ4n) is 4.81. The van der Waals surface area contributed by atoms with Crippen LogP contribution in [0.25, 0.3) is 16.9 Å². The highest BCUT2D eigenvalue weighted by Crippen LogP contribution is 2.29. The molecule has 0 aliphatic rings. The van der Waals surface area contributed by atoms with Crippen LogP contribution in [0.4, 0.5) is 0 Å². The highest BCUT2D eigenvalue weighted by molar-refractivity contribution is 5.58. The van der Waals surface area contributed by atoms with Gasteiger partial charge in [0.15, 0.2) is 0 Å². The average Bonchev–Trinajstić information content (AvgIpc) is 3.37. The number of aryl methyl sites for hydroxylation is 2. The van der Waals surface area contributed by atoms with Crippen molar-refractivity contribution in [3.05, 3.63) is 59.8 Å². The smallest absolute Gasteiger partial charge is 0.146 e. The monoisotopic (exact) mass is 475 g/mol. The number of hydrogen-bond acceptors (Lipinski definition) is 3. The predicted molar refractivity (Wildman–Crippen MR) is 147 cm³/mol. The van der Waals surface area contributed by atoms with Crippen LogP contribution in [0.15, 0.2) is 48.7 Å².